The van der Waals surface area contributed by atoms with E-state index in [2.05, 4.69) is 15.2 Å². The van der Waals surface area contributed by atoms with E-state index in [0.717, 1.165) is 16.7 Å². The summed E-state index contributed by atoms with van der Waals surface area (Å²) in [6.45, 7) is 5.98. The molecule has 0 aliphatic carbocycles. The molecule has 0 atom stereocenters. The minimum atomic E-state index is -0.281. The van der Waals surface area contributed by atoms with E-state index < -0.39 is 0 Å². The molecule has 5 rings (SSSR count). The summed E-state index contributed by atoms with van der Waals surface area (Å²) in [5.41, 5.74) is 3.73. The summed E-state index contributed by atoms with van der Waals surface area (Å²) in [4.78, 5) is 23.6. The van der Waals surface area contributed by atoms with Crippen LogP contribution >= 0.6 is 0 Å². The molecule has 0 fully saturated rings. The predicted molar refractivity (Wildman–Crippen MR) is 121 cm³/mol. The standard InChI is InChI=1S/C25H22FN5O2/c1-14(2)22-19(5-4-6-20(22)26)23-27-12-18-11-21(32)31(24(18)28-23)13-16-7-9-17(10-8-16)25-30-29-15(3)33-25/h4-10,12,14H,11,13H2,1-3H3. The number of fused-ring (bicyclic) bond motifs is 1. The van der Waals surface area contributed by atoms with Crippen LogP contribution in [0.2, 0.25) is 0 Å². The third-order valence-corrected chi connectivity index (χ3v) is 5.68. The number of rotatable bonds is 5. The van der Waals surface area contributed by atoms with Gasteiger partial charge in [-0.25, -0.2) is 14.4 Å². The Labute approximate surface area is 190 Å². The predicted octanol–water partition coefficient (Wildman–Crippen LogP) is 4.85. The largest absolute Gasteiger partial charge is 0.421 e. The van der Waals surface area contributed by atoms with Crippen molar-refractivity contribution in [3.63, 3.8) is 0 Å². The molecule has 0 spiro atoms. The van der Waals surface area contributed by atoms with Crippen molar-refractivity contribution in [3.05, 3.63) is 77.1 Å². The fourth-order valence-corrected chi connectivity index (χ4v) is 4.09. The molecule has 0 saturated heterocycles. The first-order valence-corrected chi connectivity index (χ1v) is 10.7. The molecule has 0 bridgehead atoms. The van der Waals surface area contributed by atoms with Crippen LogP contribution in [0.1, 0.15) is 42.3 Å². The van der Waals surface area contributed by atoms with Crippen molar-refractivity contribution in [1.82, 2.24) is 20.2 Å². The normalized spacial score (nSPS) is 13.1. The van der Waals surface area contributed by atoms with Crippen LogP contribution in [-0.2, 0) is 17.8 Å². The van der Waals surface area contributed by atoms with E-state index in [9.17, 15) is 9.18 Å². The molecule has 33 heavy (non-hydrogen) atoms. The highest BCUT2D eigenvalue weighted by molar-refractivity contribution is 6.00. The number of aromatic nitrogens is 4. The van der Waals surface area contributed by atoms with Crippen LogP contribution < -0.4 is 4.90 Å². The topological polar surface area (TPSA) is 85.0 Å². The molecule has 3 heterocycles. The molecular formula is C25H22FN5O2. The fraction of sp³-hybridized carbons (Fsp3) is 0.240. The van der Waals surface area contributed by atoms with Crippen molar-refractivity contribution in [2.75, 3.05) is 4.90 Å². The monoisotopic (exact) mass is 443 g/mol. The van der Waals surface area contributed by atoms with Gasteiger partial charge < -0.3 is 4.42 Å². The highest BCUT2D eigenvalue weighted by atomic mass is 19.1. The Hall–Kier alpha value is -3.94. The van der Waals surface area contributed by atoms with E-state index in [1.807, 2.05) is 44.2 Å². The molecule has 8 heteroatoms. The summed E-state index contributed by atoms with van der Waals surface area (Å²) in [5.74, 6) is 1.58. The highest BCUT2D eigenvalue weighted by Gasteiger charge is 2.30. The van der Waals surface area contributed by atoms with Gasteiger partial charge >= 0.3 is 0 Å². The van der Waals surface area contributed by atoms with Crippen molar-refractivity contribution in [1.29, 1.82) is 0 Å². The Morgan fingerprint density at radius 1 is 1.12 bits per heavy atom. The van der Waals surface area contributed by atoms with E-state index in [1.165, 1.54) is 6.07 Å². The fourth-order valence-electron chi connectivity index (χ4n) is 4.09. The molecule has 1 aliphatic rings. The average Bonchev–Trinajstić information content (AvgIpc) is 3.36. The van der Waals surface area contributed by atoms with Crippen molar-refractivity contribution in [3.8, 4) is 22.8 Å². The molecule has 2 aromatic carbocycles. The number of carbonyl (C=O) groups excluding carboxylic acids is 1. The van der Waals surface area contributed by atoms with E-state index >= 15 is 0 Å². The second-order valence-corrected chi connectivity index (χ2v) is 8.38. The number of anilines is 1. The molecule has 0 N–H and O–H groups in total. The molecule has 0 saturated carbocycles. The van der Waals surface area contributed by atoms with Gasteiger partial charge in [-0.15, -0.1) is 10.2 Å². The summed E-state index contributed by atoms with van der Waals surface area (Å²) in [5, 5.41) is 7.88. The number of amides is 1. The Morgan fingerprint density at radius 3 is 2.61 bits per heavy atom. The zero-order valence-corrected chi connectivity index (χ0v) is 18.5. The average molecular weight is 443 g/mol. The third-order valence-electron chi connectivity index (χ3n) is 5.68. The van der Waals surface area contributed by atoms with Gasteiger partial charge in [0, 0.05) is 35.4 Å². The van der Waals surface area contributed by atoms with Gasteiger partial charge in [-0.2, -0.15) is 0 Å². The molecular weight excluding hydrogens is 421 g/mol. The number of halogens is 1. The van der Waals surface area contributed by atoms with Gasteiger partial charge in [0.1, 0.15) is 11.6 Å². The van der Waals surface area contributed by atoms with Crippen LogP contribution in [0.15, 0.2) is 53.1 Å². The van der Waals surface area contributed by atoms with Gasteiger partial charge in [0.25, 0.3) is 0 Å². The first-order chi connectivity index (χ1) is 15.9. The number of hydrogen-bond donors (Lipinski definition) is 0. The van der Waals surface area contributed by atoms with Crippen LogP contribution in [0.3, 0.4) is 0 Å². The lowest BCUT2D eigenvalue weighted by Crippen LogP contribution is -2.26. The van der Waals surface area contributed by atoms with Crippen LogP contribution in [0.4, 0.5) is 10.2 Å². The summed E-state index contributed by atoms with van der Waals surface area (Å²) < 4.78 is 20.0. The van der Waals surface area contributed by atoms with Gasteiger partial charge in [-0.3, -0.25) is 9.69 Å². The third kappa shape index (κ3) is 3.88. The van der Waals surface area contributed by atoms with Crippen molar-refractivity contribution in [2.45, 2.75) is 39.7 Å². The Bertz CT molecular complexity index is 1350. The smallest absolute Gasteiger partial charge is 0.247 e. The zero-order chi connectivity index (χ0) is 23.1. The van der Waals surface area contributed by atoms with Gasteiger partial charge in [0.15, 0.2) is 5.82 Å². The highest BCUT2D eigenvalue weighted by Crippen LogP contribution is 2.34. The lowest BCUT2D eigenvalue weighted by Gasteiger charge is -2.18. The zero-order valence-electron chi connectivity index (χ0n) is 18.5. The maximum absolute atomic E-state index is 14.5. The number of nitrogens with zero attached hydrogens (tertiary/aromatic N) is 5. The molecule has 1 aliphatic heterocycles. The number of aryl methyl sites for hydroxylation is 1. The van der Waals surface area contributed by atoms with Gasteiger partial charge in [-0.05, 0) is 29.7 Å². The minimum Gasteiger partial charge on any atom is -0.421 e. The molecule has 0 radical (unpaired) electrons. The Balaban J connectivity index is 1.46. The summed E-state index contributed by atoms with van der Waals surface area (Å²) >= 11 is 0. The van der Waals surface area contributed by atoms with Crippen LogP contribution in [0.5, 0.6) is 0 Å². The second-order valence-electron chi connectivity index (χ2n) is 8.38. The van der Waals surface area contributed by atoms with Crippen LogP contribution in [0, 0.1) is 12.7 Å². The van der Waals surface area contributed by atoms with Crippen LogP contribution in [-0.4, -0.2) is 26.1 Å². The molecule has 1 amide bonds. The maximum atomic E-state index is 14.5. The minimum absolute atomic E-state index is 0.0306. The maximum Gasteiger partial charge on any atom is 0.247 e. The Morgan fingerprint density at radius 2 is 1.91 bits per heavy atom. The summed E-state index contributed by atoms with van der Waals surface area (Å²) in [6, 6.07) is 12.5. The van der Waals surface area contributed by atoms with Gasteiger partial charge in [0.05, 0.1) is 13.0 Å². The van der Waals surface area contributed by atoms with Crippen molar-refractivity contribution >= 4 is 11.7 Å². The van der Waals surface area contributed by atoms with E-state index in [0.29, 0.717) is 41.1 Å². The van der Waals surface area contributed by atoms with E-state index in [1.54, 1.807) is 24.1 Å². The van der Waals surface area contributed by atoms with Crippen molar-refractivity contribution in [2.24, 2.45) is 0 Å². The first kappa shape index (κ1) is 20.9. The molecule has 7 nitrogen and oxygen atoms in total. The number of carbonyl (C=O) groups is 1. The second kappa shape index (κ2) is 8.20. The molecule has 4 aromatic rings. The van der Waals surface area contributed by atoms with Gasteiger partial charge in [-0.1, -0.05) is 38.1 Å². The quantitative estimate of drug-likeness (QED) is 0.438. The summed E-state index contributed by atoms with van der Waals surface area (Å²) in [7, 11) is 0. The summed E-state index contributed by atoms with van der Waals surface area (Å²) in [6.07, 6.45) is 1.92. The van der Waals surface area contributed by atoms with Crippen molar-refractivity contribution < 1.29 is 13.6 Å². The van der Waals surface area contributed by atoms with E-state index in [-0.39, 0.29) is 24.1 Å². The van der Waals surface area contributed by atoms with Gasteiger partial charge in [0.2, 0.25) is 17.7 Å². The lowest BCUT2D eigenvalue weighted by atomic mass is 9.96. The number of hydrogen-bond acceptors (Lipinski definition) is 6. The van der Waals surface area contributed by atoms with Crippen LogP contribution in [0.25, 0.3) is 22.8 Å². The van der Waals surface area contributed by atoms with E-state index in [4.69, 9.17) is 9.40 Å². The SMILES string of the molecule is Cc1nnc(-c2ccc(CN3C(=O)Cc4cnc(-c5cccc(F)c5C(C)C)nc43)cc2)o1. The molecule has 166 valence electrons. The molecule has 2 aromatic heterocycles. The Kier molecular flexibility index (Phi) is 5.20. The number of benzene rings is 2. The first-order valence-electron chi connectivity index (χ1n) is 10.7. The molecule has 0 unspecified atom stereocenters. The lowest BCUT2D eigenvalue weighted by molar-refractivity contribution is -0.117.